The minimum absolute atomic E-state index is 0.0371. The van der Waals surface area contributed by atoms with Gasteiger partial charge < -0.3 is 4.65 Å². The molecule has 0 N–H and O–H groups in total. The SMILES string of the molecule is C[B]O/C(C)=C\C(=O)c1ccccc1. The zero-order valence-corrected chi connectivity index (χ0v) is 8.36. The van der Waals surface area contributed by atoms with Crippen LogP contribution in [-0.2, 0) is 4.65 Å². The zero-order chi connectivity index (χ0) is 10.4. The van der Waals surface area contributed by atoms with E-state index < -0.39 is 0 Å². The number of allylic oxidation sites excluding steroid dienone is 2. The average Bonchev–Trinajstić information content (AvgIpc) is 2.19. The minimum Gasteiger partial charge on any atom is -0.566 e. The van der Waals surface area contributed by atoms with Crippen LogP contribution >= 0.6 is 0 Å². The molecule has 3 heteroatoms. The van der Waals surface area contributed by atoms with Crippen molar-refractivity contribution in [1.29, 1.82) is 0 Å². The van der Waals surface area contributed by atoms with Gasteiger partial charge in [-0.3, -0.25) is 4.79 Å². The van der Waals surface area contributed by atoms with E-state index in [0.29, 0.717) is 11.3 Å². The van der Waals surface area contributed by atoms with Crippen molar-refractivity contribution in [3.63, 3.8) is 0 Å². The highest BCUT2D eigenvalue weighted by atomic mass is 16.4. The number of hydrogen-bond acceptors (Lipinski definition) is 2. The van der Waals surface area contributed by atoms with Crippen LogP contribution in [0, 0.1) is 0 Å². The summed E-state index contributed by atoms with van der Waals surface area (Å²) in [6, 6.07) is 9.11. The number of carbonyl (C=O) groups is 1. The third-order valence-electron chi connectivity index (χ3n) is 1.70. The highest BCUT2D eigenvalue weighted by Crippen LogP contribution is 2.03. The molecule has 14 heavy (non-hydrogen) atoms. The highest BCUT2D eigenvalue weighted by Gasteiger charge is 2.01. The second-order valence-corrected chi connectivity index (χ2v) is 2.84. The Morgan fingerprint density at radius 1 is 1.36 bits per heavy atom. The van der Waals surface area contributed by atoms with Gasteiger partial charge in [0.15, 0.2) is 5.78 Å². The lowest BCUT2D eigenvalue weighted by atomic mass is 10.1. The molecule has 0 amide bonds. The molecule has 1 radical (unpaired) electrons. The van der Waals surface area contributed by atoms with E-state index >= 15 is 0 Å². The molecule has 0 unspecified atom stereocenters. The zero-order valence-electron chi connectivity index (χ0n) is 8.36. The maximum Gasteiger partial charge on any atom is 0.366 e. The van der Waals surface area contributed by atoms with Crippen molar-refractivity contribution >= 4 is 13.3 Å². The molecule has 0 aliphatic rings. The van der Waals surface area contributed by atoms with Gasteiger partial charge in [-0.05, 0) is 6.92 Å². The summed E-state index contributed by atoms with van der Waals surface area (Å²) < 4.78 is 5.05. The first kappa shape index (κ1) is 10.6. The molecule has 1 aromatic carbocycles. The van der Waals surface area contributed by atoms with Crippen molar-refractivity contribution in [2.75, 3.05) is 0 Å². The van der Waals surface area contributed by atoms with Crippen molar-refractivity contribution in [2.24, 2.45) is 0 Å². The van der Waals surface area contributed by atoms with E-state index in [0.717, 1.165) is 0 Å². The van der Waals surface area contributed by atoms with Crippen LogP contribution in [0.3, 0.4) is 0 Å². The fourth-order valence-electron chi connectivity index (χ4n) is 1.09. The first-order chi connectivity index (χ1) is 6.74. The predicted molar refractivity (Wildman–Crippen MR) is 57.2 cm³/mol. The molecule has 0 saturated heterocycles. The second kappa shape index (κ2) is 5.27. The maximum absolute atomic E-state index is 11.6. The quantitative estimate of drug-likeness (QED) is 0.313. The Morgan fingerprint density at radius 3 is 2.57 bits per heavy atom. The third kappa shape index (κ3) is 3.09. The lowest BCUT2D eigenvalue weighted by Crippen LogP contribution is -1.98. The monoisotopic (exact) mass is 187 g/mol. The first-order valence-corrected chi connectivity index (χ1v) is 4.46. The minimum atomic E-state index is -0.0371. The topological polar surface area (TPSA) is 26.3 Å². The van der Waals surface area contributed by atoms with E-state index in [2.05, 4.69) is 0 Å². The van der Waals surface area contributed by atoms with E-state index in [9.17, 15) is 4.79 Å². The second-order valence-electron chi connectivity index (χ2n) is 2.84. The number of hydrogen-bond donors (Lipinski definition) is 0. The summed E-state index contributed by atoms with van der Waals surface area (Å²) in [6.45, 7) is 3.52. The molecule has 0 aliphatic carbocycles. The summed E-state index contributed by atoms with van der Waals surface area (Å²) in [5, 5.41) is 0. The third-order valence-corrected chi connectivity index (χ3v) is 1.70. The standard InChI is InChI=1S/C11H12BO2/c1-9(14-12-2)8-11(13)10-6-4-3-5-7-10/h3-8H,1-2H3/b9-8-. The first-order valence-electron chi connectivity index (χ1n) is 4.46. The summed E-state index contributed by atoms with van der Waals surface area (Å²) in [6.07, 6.45) is 1.48. The van der Waals surface area contributed by atoms with Gasteiger partial charge in [-0.1, -0.05) is 37.2 Å². The van der Waals surface area contributed by atoms with E-state index in [4.69, 9.17) is 4.65 Å². The molecular formula is C11H12BO2. The number of rotatable bonds is 4. The molecule has 0 heterocycles. The Bertz CT molecular complexity index is 330. The lowest BCUT2D eigenvalue weighted by Gasteiger charge is -2.01. The molecule has 1 rings (SSSR count). The van der Waals surface area contributed by atoms with Crippen LogP contribution in [0.4, 0.5) is 0 Å². The van der Waals surface area contributed by atoms with Crippen LogP contribution in [0.2, 0.25) is 6.82 Å². The summed E-state index contributed by atoms with van der Waals surface area (Å²) in [4.78, 5) is 11.6. The van der Waals surface area contributed by atoms with E-state index in [1.54, 1.807) is 33.4 Å². The molecule has 0 aromatic heterocycles. The number of ketones is 1. The van der Waals surface area contributed by atoms with Crippen LogP contribution in [0.15, 0.2) is 42.2 Å². The molecule has 0 spiro atoms. The summed E-state index contributed by atoms with van der Waals surface area (Å²) in [5.41, 5.74) is 0.673. The van der Waals surface area contributed by atoms with Gasteiger partial charge in [0.2, 0.25) is 0 Å². The normalized spacial score (nSPS) is 10.9. The average molecular weight is 187 g/mol. The van der Waals surface area contributed by atoms with Crippen LogP contribution in [0.1, 0.15) is 17.3 Å². The van der Waals surface area contributed by atoms with Gasteiger partial charge >= 0.3 is 7.48 Å². The van der Waals surface area contributed by atoms with Gasteiger partial charge in [-0.25, -0.2) is 0 Å². The molecule has 0 atom stereocenters. The van der Waals surface area contributed by atoms with Gasteiger partial charge in [-0.2, -0.15) is 0 Å². The lowest BCUT2D eigenvalue weighted by molar-refractivity contribution is 0.104. The largest absolute Gasteiger partial charge is 0.566 e. The van der Waals surface area contributed by atoms with Gasteiger partial charge in [0.1, 0.15) is 0 Å². The van der Waals surface area contributed by atoms with Crippen molar-refractivity contribution in [3.8, 4) is 0 Å². The highest BCUT2D eigenvalue weighted by molar-refractivity contribution is 6.25. The van der Waals surface area contributed by atoms with Gasteiger partial charge in [0.25, 0.3) is 0 Å². The fourth-order valence-corrected chi connectivity index (χ4v) is 1.09. The summed E-state index contributed by atoms with van der Waals surface area (Å²) >= 11 is 0. The molecule has 0 saturated carbocycles. The number of benzene rings is 1. The van der Waals surface area contributed by atoms with Crippen molar-refractivity contribution in [3.05, 3.63) is 47.7 Å². The Hall–Kier alpha value is -1.51. The molecule has 71 valence electrons. The van der Waals surface area contributed by atoms with Crippen LogP contribution in [-0.4, -0.2) is 13.3 Å². The van der Waals surface area contributed by atoms with Crippen LogP contribution in [0.5, 0.6) is 0 Å². The van der Waals surface area contributed by atoms with E-state index in [1.165, 1.54) is 6.08 Å². The smallest absolute Gasteiger partial charge is 0.366 e. The fraction of sp³-hybridized carbons (Fsp3) is 0.182. The molecule has 0 aliphatic heterocycles. The van der Waals surface area contributed by atoms with Crippen molar-refractivity contribution in [2.45, 2.75) is 13.7 Å². The molecular weight excluding hydrogens is 175 g/mol. The van der Waals surface area contributed by atoms with E-state index in [-0.39, 0.29) is 5.78 Å². The van der Waals surface area contributed by atoms with Crippen LogP contribution in [0.25, 0.3) is 0 Å². The van der Waals surface area contributed by atoms with Gasteiger partial charge in [0, 0.05) is 11.6 Å². The van der Waals surface area contributed by atoms with E-state index in [1.807, 2.05) is 18.2 Å². The molecule has 0 bridgehead atoms. The Labute approximate surface area is 84.9 Å². The predicted octanol–water partition coefficient (Wildman–Crippen LogP) is 2.46. The van der Waals surface area contributed by atoms with Crippen molar-refractivity contribution in [1.82, 2.24) is 0 Å². The van der Waals surface area contributed by atoms with Crippen molar-refractivity contribution < 1.29 is 9.45 Å². The Balaban J connectivity index is 2.72. The Kier molecular flexibility index (Phi) is 3.98. The van der Waals surface area contributed by atoms with Gasteiger partial charge in [-0.15, -0.1) is 0 Å². The molecule has 2 nitrogen and oxygen atoms in total. The van der Waals surface area contributed by atoms with Crippen LogP contribution < -0.4 is 0 Å². The Morgan fingerprint density at radius 2 is 2.00 bits per heavy atom. The molecule has 1 aromatic rings. The van der Waals surface area contributed by atoms with Gasteiger partial charge in [0.05, 0.1) is 5.76 Å². The molecule has 0 fully saturated rings. The maximum atomic E-state index is 11.6. The number of carbonyl (C=O) groups excluding carboxylic acids is 1. The summed E-state index contributed by atoms with van der Waals surface area (Å²) in [5.74, 6) is 0.561. The summed E-state index contributed by atoms with van der Waals surface area (Å²) in [7, 11) is 1.55.